The van der Waals surface area contributed by atoms with Crippen molar-refractivity contribution in [3.8, 4) is 0 Å². The summed E-state index contributed by atoms with van der Waals surface area (Å²) in [5, 5.41) is 0. The van der Waals surface area contributed by atoms with Crippen LogP contribution < -0.4 is 0 Å². The molecule has 0 aromatic heterocycles. The maximum absolute atomic E-state index is 2.51. The third-order valence-electron chi connectivity index (χ3n) is 4.46. The van der Waals surface area contributed by atoms with Crippen LogP contribution in [-0.4, -0.2) is 0 Å². The highest BCUT2D eigenvalue weighted by Crippen LogP contribution is 2.58. The second kappa shape index (κ2) is 2.31. The summed E-state index contributed by atoms with van der Waals surface area (Å²) < 4.78 is 0. The van der Waals surface area contributed by atoms with Crippen LogP contribution in [0.5, 0.6) is 0 Å². The molecule has 0 heterocycles. The van der Waals surface area contributed by atoms with Crippen molar-refractivity contribution in [2.24, 2.45) is 11.8 Å². The summed E-state index contributed by atoms with van der Waals surface area (Å²) in [5.74, 6) is 2.78. The first-order valence-corrected chi connectivity index (χ1v) is 5.70. The zero-order chi connectivity index (χ0) is 9.12. The molecule has 3 aliphatic rings. The molecule has 0 spiro atoms. The third-order valence-corrected chi connectivity index (χ3v) is 4.46. The van der Waals surface area contributed by atoms with E-state index >= 15 is 0 Å². The first kappa shape index (κ1) is 7.28. The van der Waals surface area contributed by atoms with Crippen LogP contribution in [0.3, 0.4) is 0 Å². The summed E-state index contributed by atoms with van der Waals surface area (Å²) in [5.41, 5.74) is 5.02. The van der Waals surface area contributed by atoms with Gasteiger partial charge in [0, 0.05) is 5.92 Å². The van der Waals surface area contributed by atoms with Gasteiger partial charge in [-0.2, -0.15) is 0 Å². The predicted octanol–water partition coefficient (Wildman–Crippen LogP) is 3.29. The number of hydrogen-bond acceptors (Lipinski definition) is 0. The number of hydrogen-bond donors (Lipinski definition) is 0. The van der Waals surface area contributed by atoms with Crippen LogP contribution in [0.2, 0.25) is 0 Å². The topological polar surface area (TPSA) is 0 Å². The van der Waals surface area contributed by atoms with Gasteiger partial charge in [-0.05, 0) is 42.2 Å². The van der Waals surface area contributed by atoms with Gasteiger partial charge < -0.3 is 0 Å². The van der Waals surface area contributed by atoms with E-state index in [1.54, 1.807) is 16.7 Å². The Balaban J connectivity index is 1.92. The molecule has 14 heavy (non-hydrogen) atoms. The first-order valence-electron chi connectivity index (χ1n) is 5.70. The van der Waals surface area contributed by atoms with Gasteiger partial charge in [0.05, 0.1) is 0 Å². The molecular weight excluding hydrogens is 168 g/mol. The van der Waals surface area contributed by atoms with E-state index in [-0.39, 0.29) is 0 Å². The highest BCUT2D eigenvalue weighted by molar-refractivity contribution is 5.46. The Kier molecular flexibility index (Phi) is 1.20. The molecule has 4 rings (SSSR count). The van der Waals surface area contributed by atoms with E-state index in [0.29, 0.717) is 0 Å². The molecule has 3 atom stereocenters. The number of fused-ring (bicyclic) bond motifs is 7. The van der Waals surface area contributed by atoms with Crippen molar-refractivity contribution in [1.29, 1.82) is 0 Å². The number of rotatable bonds is 0. The molecule has 0 radical (unpaired) electrons. The van der Waals surface area contributed by atoms with Crippen LogP contribution in [0.15, 0.2) is 35.9 Å². The lowest BCUT2D eigenvalue weighted by Gasteiger charge is -2.19. The molecule has 1 saturated carbocycles. The van der Waals surface area contributed by atoms with E-state index < -0.39 is 0 Å². The fraction of sp³-hybridized carbons (Fsp3) is 0.429. The summed E-state index contributed by atoms with van der Waals surface area (Å²) in [6.45, 7) is 0. The van der Waals surface area contributed by atoms with Crippen molar-refractivity contribution < 1.29 is 0 Å². The maximum atomic E-state index is 2.51. The van der Waals surface area contributed by atoms with Crippen molar-refractivity contribution >= 4 is 0 Å². The Hall–Kier alpha value is -1.04. The molecule has 0 N–H and O–H groups in total. The Morgan fingerprint density at radius 1 is 1.07 bits per heavy atom. The quantitative estimate of drug-likeness (QED) is 0.540. The predicted molar refractivity (Wildman–Crippen MR) is 57.2 cm³/mol. The molecule has 0 nitrogen and oxygen atoms in total. The second-order valence-electron chi connectivity index (χ2n) is 5.02. The van der Waals surface area contributed by atoms with E-state index in [4.69, 9.17) is 0 Å². The van der Waals surface area contributed by atoms with Gasteiger partial charge in [-0.15, -0.1) is 0 Å². The summed E-state index contributed by atoms with van der Waals surface area (Å²) in [4.78, 5) is 0. The van der Waals surface area contributed by atoms with Crippen molar-refractivity contribution in [2.45, 2.75) is 25.2 Å². The monoisotopic (exact) mass is 182 g/mol. The van der Waals surface area contributed by atoms with Crippen molar-refractivity contribution in [2.75, 3.05) is 0 Å². The third kappa shape index (κ3) is 0.716. The maximum Gasteiger partial charge on any atom is 0.00853 e. The summed E-state index contributed by atoms with van der Waals surface area (Å²) in [6, 6.07) is 9.07. The Morgan fingerprint density at radius 3 is 3.00 bits per heavy atom. The van der Waals surface area contributed by atoms with Crippen LogP contribution in [0.4, 0.5) is 0 Å². The second-order valence-corrected chi connectivity index (χ2v) is 5.02. The standard InChI is InChI=1S/C14H14/c1-2-4-12-9(3-1)8-13-10-5-6-11(7-10)14(12)13/h1-4,6,10,13-14H,5,7-8H2. The van der Waals surface area contributed by atoms with E-state index in [2.05, 4.69) is 30.3 Å². The van der Waals surface area contributed by atoms with Gasteiger partial charge in [-0.3, -0.25) is 0 Å². The average Bonchev–Trinajstić information content (AvgIpc) is 2.88. The molecule has 3 aliphatic carbocycles. The molecule has 0 saturated heterocycles. The van der Waals surface area contributed by atoms with Gasteiger partial charge >= 0.3 is 0 Å². The zero-order valence-corrected chi connectivity index (χ0v) is 8.24. The van der Waals surface area contributed by atoms with Crippen molar-refractivity contribution in [3.05, 3.63) is 47.0 Å². The lowest BCUT2D eigenvalue weighted by molar-refractivity contribution is 0.381. The summed E-state index contributed by atoms with van der Waals surface area (Å²) in [7, 11) is 0. The Morgan fingerprint density at radius 2 is 2.00 bits per heavy atom. The molecule has 0 amide bonds. The minimum atomic E-state index is 0.824. The zero-order valence-electron chi connectivity index (χ0n) is 8.24. The Labute approximate surface area is 84.6 Å². The van der Waals surface area contributed by atoms with Crippen LogP contribution >= 0.6 is 0 Å². The summed E-state index contributed by atoms with van der Waals surface area (Å²) >= 11 is 0. The molecule has 0 heteroatoms. The smallest absolute Gasteiger partial charge is 0.00853 e. The van der Waals surface area contributed by atoms with Crippen LogP contribution in [0.1, 0.15) is 29.9 Å². The van der Waals surface area contributed by atoms with Gasteiger partial charge in [-0.1, -0.05) is 35.9 Å². The van der Waals surface area contributed by atoms with Gasteiger partial charge in [-0.25, -0.2) is 0 Å². The molecular formula is C14H14. The first-order chi connectivity index (χ1) is 6.93. The largest absolute Gasteiger partial charge is 0.0844 e. The van der Waals surface area contributed by atoms with E-state index in [1.165, 1.54) is 19.3 Å². The van der Waals surface area contributed by atoms with E-state index in [1.807, 2.05) is 0 Å². The molecule has 2 bridgehead atoms. The van der Waals surface area contributed by atoms with Gasteiger partial charge in [0.1, 0.15) is 0 Å². The minimum absolute atomic E-state index is 0.824. The average molecular weight is 182 g/mol. The van der Waals surface area contributed by atoms with E-state index in [9.17, 15) is 0 Å². The molecule has 1 fully saturated rings. The normalized spacial score (nSPS) is 36.9. The molecule has 1 aromatic carbocycles. The SMILES string of the molecule is C1=C2CC(C1)C1Cc3ccccc3C21. The lowest BCUT2D eigenvalue weighted by atomic mass is 9.84. The highest BCUT2D eigenvalue weighted by Gasteiger charge is 2.47. The van der Waals surface area contributed by atoms with Crippen LogP contribution in [0, 0.1) is 11.8 Å². The van der Waals surface area contributed by atoms with Crippen molar-refractivity contribution in [1.82, 2.24) is 0 Å². The van der Waals surface area contributed by atoms with Gasteiger partial charge in [0.25, 0.3) is 0 Å². The fourth-order valence-electron chi connectivity index (χ4n) is 3.89. The van der Waals surface area contributed by atoms with Crippen LogP contribution in [0.25, 0.3) is 0 Å². The van der Waals surface area contributed by atoms with Gasteiger partial charge in [0.15, 0.2) is 0 Å². The molecule has 0 aliphatic heterocycles. The van der Waals surface area contributed by atoms with Crippen molar-refractivity contribution in [3.63, 3.8) is 0 Å². The number of allylic oxidation sites excluding steroid dienone is 2. The minimum Gasteiger partial charge on any atom is -0.0844 e. The molecule has 3 unspecified atom stereocenters. The molecule has 70 valence electrons. The number of benzene rings is 1. The highest BCUT2D eigenvalue weighted by atomic mass is 14.5. The fourth-order valence-corrected chi connectivity index (χ4v) is 3.89. The molecule has 1 aromatic rings. The van der Waals surface area contributed by atoms with Gasteiger partial charge in [0.2, 0.25) is 0 Å². The van der Waals surface area contributed by atoms with E-state index in [0.717, 1.165) is 17.8 Å². The lowest BCUT2D eigenvalue weighted by Crippen LogP contribution is -2.11. The van der Waals surface area contributed by atoms with Crippen LogP contribution in [-0.2, 0) is 6.42 Å². The summed E-state index contributed by atoms with van der Waals surface area (Å²) in [6.07, 6.45) is 6.63. The Bertz CT molecular complexity index is 427.